The summed E-state index contributed by atoms with van der Waals surface area (Å²) in [7, 11) is -3.90. The Morgan fingerprint density at radius 2 is 1.94 bits per heavy atom. The molecule has 0 heterocycles. The maximum absolute atomic E-state index is 12.7. The molecule has 102 valence electrons. The number of hydrogen-bond acceptors (Lipinski definition) is 3. The molecule has 0 aliphatic carbocycles. The number of alkyl halides is 3. The minimum atomic E-state index is -4.70. The molecule has 0 bridgehead atoms. The number of sulfonamides is 1. The van der Waals surface area contributed by atoms with Gasteiger partial charge in [0.05, 0.1) is 17.0 Å². The van der Waals surface area contributed by atoms with Gasteiger partial charge in [-0.3, -0.25) is 4.72 Å². The fourth-order valence-electron chi connectivity index (χ4n) is 1.21. The second-order valence-electron chi connectivity index (χ2n) is 3.40. The van der Waals surface area contributed by atoms with Crippen molar-refractivity contribution in [3.8, 4) is 0 Å². The summed E-state index contributed by atoms with van der Waals surface area (Å²) in [4.78, 5) is 0. The fourth-order valence-corrected chi connectivity index (χ4v) is 2.31. The predicted molar refractivity (Wildman–Crippen MR) is 62.9 cm³/mol. The van der Waals surface area contributed by atoms with E-state index in [0.717, 1.165) is 12.1 Å². The van der Waals surface area contributed by atoms with E-state index in [2.05, 4.69) is 0 Å². The van der Waals surface area contributed by atoms with E-state index in [9.17, 15) is 21.6 Å². The zero-order valence-electron chi connectivity index (χ0n) is 8.96. The minimum absolute atomic E-state index is 0.135. The Morgan fingerprint density at radius 1 is 1.33 bits per heavy atom. The molecule has 0 atom stereocenters. The van der Waals surface area contributed by atoms with Crippen LogP contribution in [0.1, 0.15) is 5.56 Å². The lowest BCUT2D eigenvalue weighted by Gasteiger charge is -2.14. The van der Waals surface area contributed by atoms with E-state index < -0.39 is 33.2 Å². The third-order valence-electron chi connectivity index (χ3n) is 1.94. The van der Waals surface area contributed by atoms with Gasteiger partial charge in [0.1, 0.15) is 0 Å². The van der Waals surface area contributed by atoms with Crippen LogP contribution in [-0.4, -0.2) is 20.7 Å². The van der Waals surface area contributed by atoms with Crippen LogP contribution in [0.2, 0.25) is 5.02 Å². The highest BCUT2D eigenvalue weighted by atomic mass is 35.5. The van der Waals surface area contributed by atoms with Crippen LogP contribution in [0.5, 0.6) is 0 Å². The van der Waals surface area contributed by atoms with Gasteiger partial charge >= 0.3 is 6.18 Å². The highest BCUT2D eigenvalue weighted by Gasteiger charge is 2.34. The van der Waals surface area contributed by atoms with Gasteiger partial charge in [-0.25, -0.2) is 8.42 Å². The molecule has 0 amide bonds. The molecule has 18 heavy (non-hydrogen) atoms. The Bertz CT molecular complexity index is 531. The van der Waals surface area contributed by atoms with Crippen molar-refractivity contribution in [2.24, 2.45) is 5.73 Å². The van der Waals surface area contributed by atoms with Crippen LogP contribution >= 0.6 is 11.6 Å². The number of hydrogen-bond donors (Lipinski definition) is 2. The zero-order chi connectivity index (χ0) is 14.0. The number of nitrogens with one attached hydrogen (secondary N) is 1. The maximum Gasteiger partial charge on any atom is 0.418 e. The van der Waals surface area contributed by atoms with E-state index in [1.165, 1.54) is 0 Å². The first kappa shape index (κ1) is 15.1. The molecule has 3 N–H and O–H groups in total. The van der Waals surface area contributed by atoms with Gasteiger partial charge in [-0.05, 0) is 18.2 Å². The summed E-state index contributed by atoms with van der Waals surface area (Å²) in [5.41, 5.74) is 3.34. The molecule has 4 nitrogen and oxygen atoms in total. The smallest absolute Gasteiger partial charge is 0.329 e. The SMILES string of the molecule is NCCS(=O)(=O)Nc1ccc(Cl)cc1C(F)(F)F. The molecule has 0 aliphatic heterocycles. The van der Waals surface area contributed by atoms with Crippen molar-refractivity contribution in [1.29, 1.82) is 0 Å². The molecule has 1 aromatic carbocycles. The second-order valence-corrected chi connectivity index (χ2v) is 5.68. The first-order chi connectivity index (χ1) is 8.15. The van der Waals surface area contributed by atoms with Gasteiger partial charge in [-0.2, -0.15) is 13.2 Å². The van der Waals surface area contributed by atoms with Crippen LogP contribution in [-0.2, 0) is 16.2 Å². The van der Waals surface area contributed by atoms with E-state index in [0.29, 0.717) is 6.07 Å². The number of halogens is 4. The lowest BCUT2D eigenvalue weighted by atomic mass is 10.2. The minimum Gasteiger partial charge on any atom is -0.329 e. The molecule has 0 radical (unpaired) electrons. The molecule has 1 rings (SSSR count). The maximum atomic E-state index is 12.7. The van der Waals surface area contributed by atoms with Crippen molar-refractivity contribution in [3.05, 3.63) is 28.8 Å². The summed E-state index contributed by atoms with van der Waals surface area (Å²) in [5.74, 6) is -0.465. The third kappa shape index (κ3) is 4.04. The van der Waals surface area contributed by atoms with Gasteiger partial charge in [0.15, 0.2) is 0 Å². The van der Waals surface area contributed by atoms with Crippen molar-refractivity contribution in [3.63, 3.8) is 0 Å². The number of rotatable bonds is 4. The number of anilines is 1. The highest BCUT2D eigenvalue weighted by molar-refractivity contribution is 7.92. The van der Waals surface area contributed by atoms with E-state index in [1.54, 1.807) is 0 Å². The normalized spacial score (nSPS) is 12.5. The number of benzene rings is 1. The summed E-state index contributed by atoms with van der Waals surface area (Å²) in [6.07, 6.45) is -4.70. The zero-order valence-corrected chi connectivity index (χ0v) is 10.5. The Balaban J connectivity index is 3.18. The first-order valence-corrected chi connectivity index (χ1v) is 6.76. The summed E-state index contributed by atoms with van der Waals surface area (Å²) < 4.78 is 62.6. The quantitative estimate of drug-likeness (QED) is 0.894. The molecule has 0 saturated heterocycles. The van der Waals surface area contributed by atoms with Crippen LogP contribution in [0.15, 0.2) is 18.2 Å². The topological polar surface area (TPSA) is 72.2 Å². The molecule has 0 aromatic heterocycles. The molecule has 9 heteroatoms. The largest absolute Gasteiger partial charge is 0.418 e. The molecule has 0 unspecified atom stereocenters. The van der Waals surface area contributed by atoms with Gasteiger partial charge < -0.3 is 5.73 Å². The van der Waals surface area contributed by atoms with Crippen LogP contribution in [0.25, 0.3) is 0 Å². The molecular weight excluding hydrogens is 293 g/mol. The fraction of sp³-hybridized carbons (Fsp3) is 0.333. The van der Waals surface area contributed by atoms with E-state index in [4.69, 9.17) is 17.3 Å². The lowest BCUT2D eigenvalue weighted by molar-refractivity contribution is -0.136. The van der Waals surface area contributed by atoms with Gasteiger partial charge in [-0.15, -0.1) is 0 Å². The lowest BCUT2D eigenvalue weighted by Crippen LogP contribution is -2.24. The predicted octanol–water partition coefficient (Wildman–Crippen LogP) is 2.06. The highest BCUT2D eigenvalue weighted by Crippen LogP contribution is 2.36. The Morgan fingerprint density at radius 3 is 2.44 bits per heavy atom. The number of nitrogens with two attached hydrogens (primary N) is 1. The third-order valence-corrected chi connectivity index (χ3v) is 3.48. The van der Waals surface area contributed by atoms with Crippen molar-refractivity contribution < 1.29 is 21.6 Å². The first-order valence-electron chi connectivity index (χ1n) is 4.73. The van der Waals surface area contributed by atoms with Crippen molar-refractivity contribution in [2.45, 2.75) is 6.18 Å². The molecule has 0 saturated carbocycles. The van der Waals surface area contributed by atoms with Gasteiger partial charge in [0.2, 0.25) is 10.0 Å². The van der Waals surface area contributed by atoms with Gasteiger partial charge in [0.25, 0.3) is 0 Å². The monoisotopic (exact) mass is 302 g/mol. The van der Waals surface area contributed by atoms with Crippen LogP contribution < -0.4 is 10.5 Å². The second kappa shape index (κ2) is 5.33. The molecule has 0 spiro atoms. The van der Waals surface area contributed by atoms with E-state index in [1.807, 2.05) is 4.72 Å². The van der Waals surface area contributed by atoms with Gasteiger partial charge in [0, 0.05) is 11.6 Å². The van der Waals surface area contributed by atoms with Crippen LogP contribution in [0.4, 0.5) is 18.9 Å². The van der Waals surface area contributed by atoms with Crippen LogP contribution in [0, 0.1) is 0 Å². The average molecular weight is 303 g/mol. The summed E-state index contributed by atoms with van der Waals surface area (Å²) in [6.45, 7) is -0.190. The van der Waals surface area contributed by atoms with Crippen LogP contribution in [0.3, 0.4) is 0 Å². The van der Waals surface area contributed by atoms with Gasteiger partial charge in [-0.1, -0.05) is 11.6 Å². The van der Waals surface area contributed by atoms with Crippen molar-refractivity contribution in [1.82, 2.24) is 0 Å². The Kier molecular flexibility index (Phi) is 4.46. The van der Waals surface area contributed by atoms with E-state index in [-0.39, 0.29) is 11.6 Å². The standard InChI is InChI=1S/C9H10ClF3N2O2S/c10-6-1-2-8(7(5-6)9(11,12)13)15-18(16,17)4-3-14/h1-2,5,15H,3-4,14H2. The summed E-state index contributed by atoms with van der Waals surface area (Å²) in [6, 6.07) is 2.78. The van der Waals surface area contributed by atoms with Crippen molar-refractivity contribution in [2.75, 3.05) is 17.0 Å². The molecular formula is C9H10ClF3N2O2S. The average Bonchev–Trinajstić information content (AvgIpc) is 2.18. The Hall–Kier alpha value is -0.990. The summed E-state index contributed by atoms with van der Waals surface area (Å²) in [5, 5.41) is -0.135. The molecule has 1 aromatic rings. The molecule has 0 fully saturated rings. The van der Waals surface area contributed by atoms with E-state index >= 15 is 0 Å². The van der Waals surface area contributed by atoms with Crippen molar-refractivity contribution >= 4 is 27.3 Å². The summed E-state index contributed by atoms with van der Waals surface area (Å²) >= 11 is 5.46. The Labute approximate surface area is 107 Å². The molecule has 0 aliphatic rings.